The summed E-state index contributed by atoms with van der Waals surface area (Å²) >= 11 is 0. The zero-order chi connectivity index (χ0) is 13.9. The van der Waals surface area contributed by atoms with Gasteiger partial charge in [0.1, 0.15) is 0 Å². The average Bonchev–Trinajstić information content (AvgIpc) is 2.40. The lowest BCUT2D eigenvalue weighted by molar-refractivity contribution is -0.142. The van der Waals surface area contributed by atoms with Crippen molar-refractivity contribution in [1.29, 1.82) is 0 Å². The van der Waals surface area contributed by atoms with Crippen LogP contribution in [-0.2, 0) is 16.0 Å². The molecule has 0 aliphatic heterocycles. The van der Waals surface area contributed by atoms with Gasteiger partial charge in [0.05, 0.1) is 13.0 Å². The van der Waals surface area contributed by atoms with Gasteiger partial charge in [-0.2, -0.15) is 0 Å². The van der Waals surface area contributed by atoms with E-state index in [1.165, 1.54) is 25.7 Å². The normalized spacial score (nSPS) is 10.4. The van der Waals surface area contributed by atoms with Gasteiger partial charge in [-0.15, -0.1) is 0 Å². The number of unbranched alkanes of at least 4 members (excludes halogenated alkanes) is 5. The van der Waals surface area contributed by atoms with Crippen LogP contribution in [0.4, 0.5) is 0 Å². The summed E-state index contributed by atoms with van der Waals surface area (Å²) in [7, 11) is 0. The molecule has 0 radical (unpaired) electrons. The zero-order valence-corrected chi connectivity index (χ0v) is 12.3. The minimum Gasteiger partial charge on any atom is -0.465 e. The predicted octanol–water partition coefficient (Wildman–Crippen LogP) is 4.44. The summed E-state index contributed by atoms with van der Waals surface area (Å²) in [4.78, 5) is 11.7. The van der Waals surface area contributed by atoms with Gasteiger partial charge in [-0.1, -0.05) is 63.3 Å². The summed E-state index contributed by atoms with van der Waals surface area (Å²) in [6, 6.07) is 7.96. The van der Waals surface area contributed by atoms with Crippen molar-refractivity contribution in [1.82, 2.24) is 0 Å². The molecule has 0 aliphatic rings. The van der Waals surface area contributed by atoms with Crippen molar-refractivity contribution in [3.8, 4) is 0 Å². The SMILES string of the molecule is CCCCCCCCOC(=O)Cc1ccccc1C. The van der Waals surface area contributed by atoms with Gasteiger partial charge in [-0.05, 0) is 24.5 Å². The second kappa shape index (κ2) is 9.60. The first kappa shape index (κ1) is 15.7. The molecule has 0 aliphatic carbocycles. The summed E-state index contributed by atoms with van der Waals surface area (Å²) in [6.07, 6.45) is 7.68. The maximum absolute atomic E-state index is 11.7. The fraction of sp³-hybridized carbons (Fsp3) is 0.588. The molecule has 2 nitrogen and oxygen atoms in total. The van der Waals surface area contributed by atoms with Crippen LogP contribution in [0.3, 0.4) is 0 Å². The largest absolute Gasteiger partial charge is 0.465 e. The standard InChI is InChI=1S/C17H26O2/c1-3-4-5-6-7-10-13-19-17(18)14-16-12-9-8-11-15(16)2/h8-9,11-12H,3-7,10,13-14H2,1-2H3. The highest BCUT2D eigenvalue weighted by Crippen LogP contribution is 2.09. The van der Waals surface area contributed by atoms with E-state index in [9.17, 15) is 4.79 Å². The lowest BCUT2D eigenvalue weighted by atomic mass is 10.1. The van der Waals surface area contributed by atoms with Gasteiger partial charge in [0, 0.05) is 0 Å². The molecule has 0 aromatic heterocycles. The highest BCUT2D eigenvalue weighted by molar-refractivity contribution is 5.73. The molecule has 0 saturated carbocycles. The van der Waals surface area contributed by atoms with Crippen LogP contribution in [0.1, 0.15) is 56.6 Å². The van der Waals surface area contributed by atoms with Crippen molar-refractivity contribution in [2.45, 2.75) is 58.8 Å². The van der Waals surface area contributed by atoms with Gasteiger partial charge in [-0.25, -0.2) is 0 Å². The number of carbonyl (C=O) groups excluding carboxylic acids is 1. The Balaban J connectivity index is 2.10. The summed E-state index contributed by atoms with van der Waals surface area (Å²) in [6.45, 7) is 4.81. The number of esters is 1. The van der Waals surface area contributed by atoms with Crippen LogP contribution in [0.15, 0.2) is 24.3 Å². The predicted molar refractivity (Wildman–Crippen MR) is 79.2 cm³/mol. The number of rotatable bonds is 9. The van der Waals surface area contributed by atoms with E-state index < -0.39 is 0 Å². The molecule has 2 heteroatoms. The molecule has 19 heavy (non-hydrogen) atoms. The second-order valence-electron chi connectivity index (χ2n) is 5.09. The quantitative estimate of drug-likeness (QED) is 0.486. The molecule has 1 aromatic carbocycles. The number of benzene rings is 1. The van der Waals surface area contributed by atoms with Crippen molar-refractivity contribution in [3.05, 3.63) is 35.4 Å². The maximum Gasteiger partial charge on any atom is 0.310 e. The summed E-state index contributed by atoms with van der Waals surface area (Å²) in [5.41, 5.74) is 2.22. The molecule has 0 saturated heterocycles. The highest BCUT2D eigenvalue weighted by Gasteiger charge is 2.06. The molecular weight excluding hydrogens is 236 g/mol. The van der Waals surface area contributed by atoms with Gasteiger partial charge in [0.15, 0.2) is 0 Å². The van der Waals surface area contributed by atoms with E-state index >= 15 is 0 Å². The fourth-order valence-electron chi connectivity index (χ4n) is 2.08. The number of aryl methyl sites for hydroxylation is 1. The molecule has 0 bridgehead atoms. The first-order valence-electron chi connectivity index (χ1n) is 7.44. The topological polar surface area (TPSA) is 26.3 Å². The summed E-state index contributed by atoms with van der Waals surface area (Å²) < 4.78 is 5.27. The van der Waals surface area contributed by atoms with Gasteiger partial charge in [0.2, 0.25) is 0 Å². The Hall–Kier alpha value is -1.31. The molecule has 1 aromatic rings. The van der Waals surface area contributed by atoms with Crippen molar-refractivity contribution in [2.24, 2.45) is 0 Å². The molecular formula is C17H26O2. The summed E-state index contributed by atoms with van der Waals surface area (Å²) in [5.74, 6) is -0.108. The van der Waals surface area contributed by atoms with E-state index in [0.717, 1.165) is 24.0 Å². The van der Waals surface area contributed by atoms with Gasteiger partial charge >= 0.3 is 5.97 Å². The Labute approximate surface area is 117 Å². The molecule has 0 atom stereocenters. The summed E-state index contributed by atoms with van der Waals surface area (Å²) in [5, 5.41) is 0. The fourth-order valence-corrected chi connectivity index (χ4v) is 2.08. The van der Waals surface area contributed by atoms with E-state index in [2.05, 4.69) is 6.92 Å². The van der Waals surface area contributed by atoms with E-state index in [0.29, 0.717) is 13.0 Å². The van der Waals surface area contributed by atoms with Crippen LogP contribution in [0, 0.1) is 6.92 Å². The average molecular weight is 262 g/mol. The smallest absolute Gasteiger partial charge is 0.310 e. The van der Waals surface area contributed by atoms with Crippen molar-refractivity contribution in [3.63, 3.8) is 0 Å². The van der Waals surface area contributed by atoms with Crippen molar-refractivity contribution in [2.75, 3.05) is 6.61 Å². The maximum atomic E-state index is 11.7. The third-order valence-electron chi connectivity index (χ3n) is 3.36. The van der Waals surface area contributed by atoms with Crippen LogP contribution in [0.5, 0.6) is 0 Å². The minimum atomic E-state index is -0.108. The van der Waals surface area contributed by atoms with Crippen LogP contribution >= 0.6 is 0 Å². The number of hydrogen-bond donors (Lipinski definition) is 0. The van der Waals surface area contributed by atoms with E-state index in [1.807, 2.05) is 31.2 Å². The third-order valence-corrected chi connectivity index (χ3v) is 3.36. The minimum absolute atomic E-state index is 0.108. The molecule has 0 unspecified atom stereocenters. The molecule has 0 spiro atoms. The highest BCUT2D eigenvalue weighted by atomic mass is 16.5. The van der Waals surface area contributed by atoms with Crippen LogP contribution in [0.25, 0.3) is 0 Å². The van der Waals surface area contributed by atoms with E-state index in [4.69, 9.17) is 4.74 Å². The third kappa shape index (κ3) is 7.00. The van der Waals surface area contributed by atoms with Crippen LogP contribution in [0.2, 0.25) is 0 Å². The van der Waals surface area contributed by atoms with Gasteiger partial charge < -0.3 is 4.74 Å². The second-order valence-corrected chi connectivity index (χ2v) is 5.09. The van der Waals surface area contributed by atoms with Gasteiger partial charge in [0.25, 0.3) is 0 Å². The Morgan fingerprint density at radius 2 is 1.74 bits per heavy atom. The number of carbonyl (C=O) groups is 1. The first-order valence-corrected chi connectivity index (χ1v) is 7.44. The van der Waals surface area contributed by atoms with E-state index in [1.54, 1.807) is 0 Å². The Bertz CT molecular complexity index is 371. The lowest BCUT2D eigenvalue weighted by Crippen LogP contribution is -2.09. The van der Waals surface area contributed by atoms with Crippen LogP contribution in [-0.4, -0.2) is 12.6 Å². The molecule has 0 amide bonds. The number of hydrogen-bond acceptors (Lipinski definition) is 2. The molecule has 106 valence electrons. The number of ether oxygens (including phenoxy) is 1. The molecule has 0 N–H and O–H groups in total. The lowest BCUT2D eigenvalue weighted by Gasteiger charge is -2.06. The Morgan fingerprint density at radius 3 is 2.47 bits per heavy atom. The Morgan fingerprint density at radius 1 is 1.05 bits per heavy atom. The van der Waals surface area contributed by atoms with Gasteiger partial charge in [-0.3, -0.25) is 4.79 Å². The first-order chi connectivity index (χ1) is 9.24. The van der Waals surface area contributed by atoms with Crippen molar-refractivity contribution < 1.29 is 9.53 Å². The van der Waals surface area contributed by atoms with Crippen molar-refractivity contribution >= 4 is 5.97 Å². The molecule has 0 heterocycles. The molecule has 1 rings (SSSR count). The molecule has 0 fully saturated rings. The zero-order valence-electron chi connectivity index (χ0n) is 12.3. The monoisotopic (exact) mass is 262 g/mol. The Kier molecular flexibility index (Phi) is 7.95. The van der Waals surface area contributed by atoms with E-state index in [-0.39, 0.29) is 5.97 Å². The van der Waals surface area contributed by atoms with Crippen LogP contribution < -0.4 is 0 Å².